The predicted octanol–water partition coefficient (Wildman–Crippen LogP) is 4.52. The molecule has 1 aliphatic rings. The summed E-state index contributed by atoms with van der Waals surface area (Å²) >= 11 is 6.35. The molecule has 1 aliphatic carbocycles. The Kier molecular flexibility index (Phi) is 3.01. The molecule has 0 amide bonds. The van der Waals surface area contributed by atoms with Crippen LogP contribution in [0.1, 0.15) is 41.3 Å². The van der Waals surface area contributed by atoms with Crippen molar-refractivity contribution in [3.05, 3.63) is 34.6 Å². The molecule has 15 heavy (non-hydrogen) atoms. The van der Waals surface area contributed by atoms with Gasteiger partial charge in [-0.15, -0.1) is 11.6 Å². The summed E-state index contributed by atoms with van der Waals surface area (Å²) in [5.74, 6) is 0.670. The second-order valence-electron chi connectivity index (χ2n) is 4.60. The summed E-state index contributed by atoms with van der Waals surface area (Å²) in [6.07, 6.45) is 3.65. The minimum absolute atomic E-state index is 0.0526. The summed E-state index contributed by atoms with van der Waals surface area (Å²) in [7, 11) is 0. The largest absolute Gasteiger partial charge is 0.207 e. The second-order valence-corrected chi connectivity index (χ2v) is 5.13. The third-order valence-corrected chi connectivity index (χ3v) is 3.54. The standard InChI is InChI=1S/C13H16ClF/c1-8-6-13(15)9(2)5-11(8)12(14)7-10-3-4-10/h5-6,10,12H,3-4,7H2,1-2H3. The molecule has 0 aromatic heterocycles. The van der Waals surface area contributed by atoms with Crippen molar-refractivity contribution in [3.63, 3.8) is 0 Å². The first-order chi connectivity index (χ1) is 7.08. The number of benzene rings is 1. The highest BCUT2D eigenvalue weighted by Gasteiger charge is 2.26. The van der Waals surface area contributed by atoms with Gasteiger partial charge in [0.2, 0.25) is 0 Å². The lowest BCUT2D eigenvalue weighted by Gasteiger charge is -2.13. The minimum atomic E-state index is -0.133. The Morgan fingerprint density at radius 2 is 2.00 bits per heavy atom. The van der Waals surface area contributed by atoms with Gasteiger partial charge in [0, 0.05) is 0 Å². The molecule has 1 aromatic rings. The van der Waals surface area contributed by atoms with Crippen molar-refractivity contribution in [3.8, 4) is 0 Å². The fraction of sp³-hybridized carbons (Fsp3) is 0.538. The Hall–Kier alpha value is -0.560. The Labute approximate surface area is 95.4 Å². The van der Waals surface area contributed by atoms with E-state index in [1.807, 2.05) is 13.0 Å². The summed E-state index contributed by atoms with van der Waals surface area (Å²) in [4.78, 5) is 0. The number of halogens is 2. The second kappa shape index (κ2) is 4.13. The first-order valence-electron chi connectivity index (χ1n) is 5.48. The van der Waals surface area contributed by atoms with Crippen molar-refractivity contribution in [2.75, 3.05) is 0 Å². The molecule has 0 bridgehead atoms. The molecule has 1 atom stereocenters. The molecule has 0 heterocycles. The molecule has 0 aliphatic heterocycles. The van der Waals surface area contributed by atoms with E-state index in [1.165, 1.54) is 12.8 Å². The van der Waals surface area contributed by atoms with Gasteiger partial charge in [-0.05, 0) is 48.9 Å². The summed E-state index contributed by atoms with van der Waals surface area (Å²) in [6.45, 7) is 3.72. The zero-order chi connectivity index (χ0) is 11.0. The van der Waals surface area contributed by atoms with Crippen LogP contribution in [-0.4, -0.2) is 0 Å². The molecule has 1 saturated carbocycles. The van der Waals surface area contributed by atoms with Crippen LogP contribution in [0.3, 0.4) is 0 Å². The number of aryl methyl sites for hydroxylation is 2. The van der Waals surface area contributed by atoms with Gasteiger partial charge in [0.15, 0.2) is 0 Å². The smallest absolute Gasteiger partial charge is 0.126 e. The van der Waals surface area contributed by atoms with Crippen LogP contribution in [0.5, 0.6) is 0 Å². The average molecular weight is 227 g/mol. The van der Waals surface area contributed by atoms with Gasteiger partial charge in [-0.1, -0.05) is 18.9 Å². The molecule has 2 heteroatoms. The molecular formula is C13H16ClF. The predicted molar refractivity (Wildman–Crippen MR) is 61.8 cm³/mol. The number of alkyl halides is 1. The van der Waals surface area contributed by atoms with Crippen molar-refractivity contribution < 1.29 is 4.39 Å². The lowest BCUT2D eigenvalue weighted by Crippen LogP contribution is -1.98. The van der Waals surface area contributed by atoms with Crippen molar-refractivity contribution in [1.29, 1.82) is 0 Å². The summed E-state index contributed by atoms with van der Waals surface area (Å²) in [6, 6.07) is 3.48. The van der Waals surface area contributed by atoms with Crippen LogP contribution in [0.15, 0.2) is 12.1 Å². The van der Waals surface area contributed by atoms with Gasteiger partial charge >= 0.3 is 0 Å². The quantitative estimate of drug-likeness (QED) is 0.665. The van der Waals surface area contributed by atoms with Crippen molar-refractivity contribution >= 4 is 11.6 Å². The fourth-order valence-electron chi connectivity index (χ4n) is 1.91. The van der Waals surface area contributed by atoms with Crippen LogP contribution in [-0.2, 0) is 0 Å². The summed E-state index contributed by atoms with van der Waals surface area (Å²) < 4.78 is 13.3. The average Bonchev–Trinajstić information content (AvgIpc) is 2.95. The lowest BCUT2D eigenvalue weighted by atomic mass is 9.99. The maximum absolute atomic E-state index is 13.3. The van der Waals surface area contributed by atoms with E-state index in [-0.39, 0.29) is 11.2 Å². The number of hydrogen-bond acceptors (Lipinski definition) is 0. The molecule has 0 spiro atoms. The lowest BCUT2D eigenvalue weighted by molar-refractivity contribution is 0.614. The van der Waals surface area contributed by atoms with Gasteiger partial charge < -0.3 is 0 Å². The molecule has 82 valence electrons. The van der Waals surface area contributed by atoms with E-state index < -0.39 is 0 Å². The molecular weight excluding hydrogens is 211 g/mol. The zero-order valence-corrected chi connectivity index (χ0v) is 9.94. The van der Waals surface area contributed by atoms with Crippen molar-refractivity contribution in [2.24, 2.45) is 5.92 Å². The van der Waals surface area contributed by atoms with E-state index in [1.54, 1.807) is 13.0 Å². The molecule has 2 rings (SSSR count). The third-order valence-electron chi connectivity index (χ3n) is 3.12. The van der Waals surface area contributed by atoms with Gasteiger partial charge in [-0.2, -0.15) is 0 Å². The number of rotatable bonds is 3. The van der Waals surface area contributed by atoms with E-state index in [0.29, 0.717) is 5.56 Å². The van der Waals surface area contributed by atoms with E-state index >= 15 is 0 Å². The van der Waals surface area contributed by atoms with Crippen LogP contribution >= 0.6 is 11.6 Å². The van der Waals surface area contributed by atoms with E-state index in [2.05, 4.69) is 0 Å². The molecule has 1 fully saturated rings. The summed E-state index contributed by atoms with van der Waals surface area (Å²) in [5, 5.41) is 0.0526. The Morgan fingerprint density at radius 1 is 1.33 bits per heavy atom. The van der Waals surface area contributed by atoms with Crippen molar-refractivity contribution in [2.45, 2.75) is 38.5 Å². The monoisotopic (exact) mass is 226 g/mol. The molecule has 1 unspecified atom stereocenters. The SMILES string of the molecule is Cc1cc(C(Cl)CC2CC2)c(C)cc1F. The van der Waals surface area contributed by atoms with E-state index in [4.69, 9.17) is 11.6 Å². The normalized spacial score (nSPS) is 17.9. The topological polar surface area (TPSA) is 0 Å². The van der Waals surface area contributed by atoms with E-state index in [0.717, 1.165) is 23.5 Å². The minimum Gasteiger partial charge on any atom is -0.207 e. The Balaban J connectivity index is 2.21. The van der Waals surface area contributed by atoms with Gasteiger partial charge in [-0.3, -0.25) is 0 Å². The highest BCUT2D eigenvalue weighted by atomic mass is 35.5. The van der Waals surface area contributed by atoms with Crippen LogP contribution < -0.4 is 0 Å². The van der Waals surface area contributed by atoms with Gasteiger partial charge in [0.05, 0.1) is 5.38 Å². The molecule has 1 aromatic carbocycles. The highest BCUT2D eigenvalue weighted by molar-refractivity contribution is 6.20. The van der Waals surface area contributed by atoms with Crippen LogP contribution in [0.4, 0.5) is 4.39 Å². The van der Waals surface area contributed by atoms with Gasteiger partial charge in [0.1, 0.15) is 5.82 Å². The Morgan fingerprint density at radius 3 is 2.60 bits per heavy atom. The molecule has 0 N–H and O–H groups in total. The number of hydrogen-bond donors (Lipinski definition) is 0. The molecule has 0 saturated heterocycles. The van der Waals surface area contributed by atoms with Gasteiger partial charge in [0.25, 0.3) is 0 Å². The van der Waals surface area contributed by atoms with Crippen LogP contribution in [0.25, 0.3) is 0 Å². The Bertz CT molecular complexity index is 369. The highest BCUT2D eigenvalue weighted by Crippen LogP contribution is 2.41. The first-order valence-corrected chi connectivity index (χ1v) is 5.92. The maximum Gasteiger partial charge on any atom is 0.126 e. The zero-order valence-electron chi connectivity index (χ0n) is 9.19. The van der Waals surface area contributed by atoms with E-state index in [9.17, 15) is 4.39 Å². The third kappa shape index (κ3) is 2.52. The molecule has 0 radical (unpaired) electrons. The summed E-state index contributed by atoms with van der Waals surface area (Å²) in [5.41, 5.74) is 2.76. The van der Waals surface area contributed by atoms with Crippen LogP contribution in [0.2, 0.25) is 0 Å². The maximum atomic E-state index is 13.3. The van der Waals surface area contributed by atoms with Crippen molar-refractivity contribution in [1.82, 2.24) is 0 Å². The fourth-order valence-corrected chi connectivity index (χ4v) is 2.40. The van der Waals surface area contributed by atoms with Gasteiger partial charge in [-0.25, -0.2) is 4.39 Å². The van der Waals surface area contributed by atoms with Crippen LogP contribution in [0, 0.1) is 25.6 Å². The first kappa shape index (κ1) is 10.9. The molecule has 0 nitrogen and oxygen atoms in total.